The summed E-state index contributed by atoms with van der Waals surface area (Å²) in [5.74, 6) is -0.424. The van der Waals surface area contributed by atoms with Crippen molar-refractivity contribution in [2.24, 2.45) is 0 Å². The molecule has 4 nitrogen and oxygen atoms in total. The average molecular weight is 372 g/mol. The summed E-state index contributed by atoms with van der Waals surface area (Å²) in [5.41, 5.74) is 3.01. The molecule has 0 aliphatic heterocycles. The molecule has 0 N–H and O–H groups in total. The van der Waals surface area contributed by atoms with E-state index in [1.807, 2.05) is 25.1 Å². The highest BCUT2D eigenvalue weighted by Crippen LogP contribution is 2.19. The smallest absolute Gasteiger partial charge is 0.257 e. The summed E-state index contributed by atoms with van der Waals surface area (Å²) in [6.07, 6.45) is 2.20. The van der Waals surface area contributed by atoms with E-state index >= 15 is 0 Å². The van der Waals surface area contributed by atoms with Crippen LogP contribution in [-0.4, -0.2) is 27.6 Å². The minimum Gasteiger partial charge on any atom is -0.337 e. The molecule has 0 aliphatic rings. The second-order valence-electron chi connectivity index (χ2n) is 6.04. The minimum absolute atomic E-state index is 0.116. The molecule has 0 unspecified atom stereocenters. The number of rotatable bonds is 5. The lowest BCUT2D eigenvalue weighted by Gasteiger charge is -2.18. The Bertz CT molecular complexity index is 921. The van der Waals surface area contributed by atoms with Crippen LogP contribution in [0.1, 0.15) is 28.5 Å². The van der Waals surface area contributed by atoms with E-state index in [1.54, 1.807) is 41.0 Å². The van der Waals surface area contributed by atoms with Crippen LogP contribution in [0.25, 0.3) is 5.69 Å². The lowest BCUT2D eigenvalue weighted by molar-refractivity contribution is 0.0784. The van der Waals surface area contributed by atoms with Gasteiger partial charge in [0, 0.05) is 18.6 Å². The van der Waals surface area contributed by atoms with Crippen molar-refractivity contribution in [2.45, 2.75) is 19.9 Å². The number of nitrogens with zero attached hydrogens (tertiary/aromatic N) is 3. The molecule has 3 aromatic rings. The Kier molecular flexibility index (Phi) is 5.38. The van der Waals surface area contributed by atoms with Crippen LogP contribution in [0.3, 0.4) is 0 Å². The first-order chi connectivity index (χ1) is 12.5. The first-order valence-electron chi connectivity index (χ1n) is 8.32. The lowest BCUT2D eigenvalue weighted by atomic mass is 10.1. The fraction of sp³-hybridized carbons (Fsp3) is 0.200. The molecule has 0 saturated heterocycles. The summed E-state index contributed by atoms with van der Waals surface area (Å²) >= 11 is 6.01. The van der Waals surface area contributed by atoms with Crippen LogP contribution >= 0.6 is 11.6 Å². The molecule has 1 amide bonds. The molecule has 0 atom stereocenters. The van der Waals surface area contributed by atoms with Gasteiger partial charge in [-0.1, -0.05) is 30.7 Å². The molecular formula is C20H19ClFN3O. The van der Waals surface area contributed by atoms with Gasteiger partial charge in [0.1, 0.15) is 5.82 Å². The Balaban J connectivity index is 1.86. The van der Waals surface area contributed by atoms with Crippen LogP contribution in [0.2, 0.25) is 5.02 Å². The van der Waals surface area contributed by atoms with Crippen molar-refractivity contribution in [3.8, 4) is 5.69 Å². The second-order valence-corrected chi connectivity index (χ2v) is 6.47. The molecule has 0 fully saturated rings. The molecule has 0 bridgehead atoms. The van der Waals surface area contributed by atoms with E-state index in [4.69, 9.17) is 11.6 Å². The van der Waals surface area contributed by atoms with Gasteiger partial charge in [0.05, 0.1) is 23.1 Å². The summed E-state index contributed by atoms with van der Waals surface area (Å²) in [6, 6.07) is 13.5. The number of aromatic nitrogens is 2. The van der Waals surface area contributed by atoms with Gasteiger partial charge in [0.15, 0.2) is 0 Å². The van der Waals surface area contributed by atoms with Gasteiger partial charge in [0.25, 0.3) is 5.91 Å². The van der Waals surface area contributed by atoms with E-state index in [2.05, 4.69) is 5.10 Å². The fourth-order valence-corrected chi connectivity index (χ4v) is 3.10. The van der Waals surface area contributed by atoms with Crippen molar-refractivity contribution in [1.29, 1.82) is 0 Å². The van der Waals surface area contributed by atoms with Gasteiger partial charge in [-0.25, -0.2) is 9.07 Å². The van der Waals surface area contributed by atoms with Gasteiger partial charge in [-0.3, -0.25) is 4.79 Å². The summed E-state index contributed by atoms with van der Waals surface area (Å²) < 4.78 is 14.8. The first kappa shape index (κ1) is 18.1. The van der Waals surface area contributed by atoms with Gasteiger partial charge in [-0.15, -0.1) is 0 Å². The largest absolute Gasteiger partial charge is 0.337 e. The van der Waals surface area contributed by atoms with Gasteiger partial charge < -0.3 is 4.90 Å². The predicted octanol–water partition coefficient (Wildman–Crippen LogP) is 4.50. The highest BCUT2D eigenvalue weighted by molar-refractivity contribution is 6.30. The Labute approximate surface area is 156 Å². The quantitative estimate of drug-likeness (QED) is 0.662. The van der Waals surface area contributed by atoms with E-state index in [0.29, 0.717) is 23.6 Å². The third kappa shape index (κ3) is 3.78. The van der Waals surface area contributed by atoms with Crippen LogP contribution < -0.4 is 0 Å². The SMILES string of the molecule is CCc1c(C(=O)N(C)Cc2cccc(Cl)c2)cnn1-c1ccc(F)cc1. The van der Waals surface area contributed by atoms with Crippen molar-refractivity contribution < 1.29 is 9.18 Å². The molecule has 2 aromatic carbocycles. The zero-order chi connectivity index (χ0) is 18.7. The molecule has 0 radical (unpaired) electrons. The number of amides is 1. The number of carbonyl (C=O) groups is 1. The molecule has 6 heteroatoms. The molecule has 26 heavy (non-hydrogen) atoms. The van der Waals surface area contributed by atoms with Gasteiger partial charge in [0.2, 0.25) is 0 Å². The maximum Gasteiger partial charge on any atom is 0.257 e. The topological polar surface area (TPSA) is 38.1 Å². The van der Waals surface area contributed by atoms with E-state index < -0.39 is 0 Å². The van der Waals surface area contributed by atoms with Crippen LogP contribution in [0.4, 0.5) is 4.39 Å². The predicted molar refractivity (Wildman–Crippen MR) is 100 cm³/mol. The molecular weight excluding hydrogens is 353 g/mol. The Hall–Kier alpha value is -2.66. The zero-order valence-corrected chi connectivity index (χ0v) is 15.4. The maximum atomic E-state index is 13.2. The molecule has 1 aromatic heterocycles. The molecule has 0 saturated carbocycles. The van der Waals surface area contributed by atoms with Crippen LogP contribution in [-0.2, 0) is 13.0 Å². The summed E-state index contributed by atoms with van der Waals surface area (Å²) in [5, 5.41) is 4.98. The minimum atomic E-state index is -0.309. The number of hydrogen-bond donors (Lipinski definition) is 0. The molecule has 0 aliphatic carbocycles. The van der Waals surface area contributed by atoms with Crippen LogP contribution in [0, 0.1) is 5.82 Å². The highest BCUT2D eigenvalue weighted by atomic mass is 35.5. The van der Waals surface area contributed by atoms with Crippen molar-refractivity contribution in [3.63, 3.8) is 0 Å². The third-order valence-electron chi connectivity index (χ3n) is 4.16. The van der Waals surface area contributed by atoms with Gasteiger partial charge >= 0.3 is 0 Å². The van der Waals surface area contributed by atoms with Crippen LogP contribution in [0.15, 0.2) is 54.7 Å². The first-order valence-corrected chi connectivity index (χ1v) is 8.70. The second kappa shape index (κ2) is 7.70. The zero-order valence-electron chi connectivity index (χ0n) is 14.6. The van der Waals surface area contributed by atoms with Crippen molar-refractivity contribution in [3.05, 3.63) is 82.4 Å². The third-order valence-corrected chi connectivity index (χ3v) is 4.40. The van der Waals surface area contributed by atoms with E-state index in [-0.39, 0.29) is 11.7 Å². The molecule has 0 spiro atoms. The number of hydrogen-bond acceptors (Lipinski definition) is 2. The Morgan fingerprint density at radius 1 is 1.23 bits per heavy atom. The summed E-state index contributed by atoms with van der Waals surface area (Å²) in [7, 11) is 1.75. The van der Waals surface area contributed by atoms with Gasteiger partial charge in [-0.2, -0.15) is 5.10 Å². The van der Waals surface area contributed by atoms with E-state index in [1.165, 1.54) is 12.1 Å². The monoisotopic (exact) mass is 371 g/mol. The number of halogens is 2. The normalized spacial score (nSPS) is 10.8. The number of benzene rings is 2. The molecule has 134 valence electrons. The average Bonchev–Trinajstić information content (AvgIpc) is 3.05. The fourth-order valence-electron chi connectivity index (χ4n) is 2.88. The Morgan fingerprint density at radius 3 is 2.62 bits per heavy atom. The van der Waals surface area contributed by atoms with Crippen molar-refractivity contribution >= 4 is 17.5 Å². The lowest BCUT2D eigenvalue weighted by Crippen LogP contribution is -2.27. The molecule has 1 heterocycles. The Morgan fingerprint density at radius 2 is 1.96 bits per heavy atom. The summed E-state index contributed by atoms with van der Waals surface area (Å²) in [4.78, 5) is 14.5. The van der Waals surface area contributed by atoms with E-state index in [9.17, 15) is 9.18 Å². The van der Waals surface area contributed by atoms with Crippen LogP contribution in [0.5, 0.6) is 0 Å². The summed E-state index contributed by atoms with van der Waals surface area (Å²) in [6.45, 7) is 2.41. The van der Waals surface area contributed by atoms with Crippen molar-refractivity contribution in [2.75, 3.05) is 7.05 Å². The standard InChI is InChI=1S/C20H19ClFN3O/c1-3-19-18(12-23-25(19)17-9-7-16(22)8-10-17)20(26)24(2)13-14-5-4-6-15(21)11-14/h4-12H,3,13H2,1-2H3. The van der Waals surface area contributed by atoms with Gasteiger partial charge in [-0.05, 0) is 48.4 Å². The van der Waals surface area contributed by atoms with E-state index in [0.717, 1.165) is 16.9 Å². The maximum absolute atomic E-state index is 13.2. The molecule has 3 rings (SSSR count). The van der Waals surface area contributed by atoms with Crippen molar-refractivity contribution in [1.82, 2.24) is 14.7 Å². The number of carbonyl (C=O) groups excluding carboxylic acids is 1. The highest BCUT2D eigenvalue weighted by Gasteiger charge is 2.20.